The molecule has 1 saturated heterocycles. The molecule has 0 spiro atoms. The molecular formula is C16H23N3O3. The van der Waals surface area contributed by atoms with Gasteiger partial charge in [-0.1, -0.05) is 0 Å². The van der Waals surface area contributed by atoms with Crippen LogP contribution in [0.1, 0.15) is 36.0 Å². The quantitative estimate of drug-likeness (QED) is 0.836. The highest BCUT2D eigenvalue weighted by atomic mass is 16.5. The van der Waals surface area contributed by atoms with Crippen LogP contribution in [0.25, 0.3) is 0 Å². The van der Waals surface area contributed by atoms with Crippen LogP contribution in [0.5, 0.6) is 5.75 Å². The summed E-state index contributed by atoms with van der Waals surface area (Å²) in [5.41, 5.74) is 6.49. The van der Waals surface area contributed by atoms with Gasteiger partial charge >= 0.3 is 0 Å². The molecule has 2 amide bonds. The summed E-state index contributed by atoms with van der Waals surface area (Å²) in [6.45, 7) is 2.06. The van der Waals surface area contributed by atoms with Crippen molar-refractivity contribution in [2.75, 3.05) is 32.1 Å². The number of nitrogens with one attached hydrogen (secondary N) is 1. The number of carbonyl (C=O) groups excluding carboxylic acids is 2. The molecule has 0 saturated carbocycles. The van der Waals surface area contributed by atoms with Crippen molar-refractivity contribution in [2.24, 2.45) is 5.73 Å². The van der Waals surface area contributed by atoms with Crippen LogP contribution in [0.4, 0.5) is 5.69 Å². The van der Waals surface area contributed by atoms with E-state index in [9.17, 15) is 9.59 Å². The molecule has 6 nitrogen and oxygen atoms in total. The van der Waals surface area contributed by atoms with Crippen molar-refractivity contribution in [3.8, 4) is 5.75 Å². The van der Waals surface area contributed by atoms with Crippen molar-refractivity contribution in [1.29, 1.82) is 0 Å². The first-order chi connectivity index (χ1) is 10.7. The summed E-state index contributed by atoms with van der Waals surface area (Å²) < 4.78 is 5.25. The Morgan fingerprint density at radius 3 is 2.68 bits per heavy atom. The van der Waals surface area contributed by atoms with E-state index in [1.54, 1.807) is 18.2 Å². The molecule has 0 atom stereocenters. The third-order valence-electron chi connectivity index (χ3n) is 3.72. The molecule has 1 aromatic rings. The first kappa shape index (κ1) is 16.3. The number of carbonyl (C=O) groups is 2. The number of ether oxygens (including phenoxy) is 1. The molecule has 22 heavy (non-hydrogen) atoms. The Morgan fingerprint density at radius 2 is 2.05 bits per heavy atom. The van der Waals surface area contributed by atoms with Crippen molar-refractivity contribution in [3.05, 3.63) is 23.8 Å². The molecule has 0 aromatic heterocycles. The van der Waals surface area contributed by atoms with E-state index < -0.39 is 0 Å². The maximum Gasteiger partial charge on any atom is 0.253 e. The number of hydrogen-bond acceptors (Lipinski definition) is 4. The number of benzene rings is 1. The highest BCUT2D eigenvalue weighted by Gasteiger charge is 2.20. The van der Waals surface area contributed by atoms with Crippen molar-refractivity contribution in [1.82, 2.24) is 4.90 Å². The lowest BCUT2D eigenvalue weighted by Crippen LogP contribution is -2.27. The summed E-state index contributed by atoms with van der Waals surface area (Å²) in [5.74, 6) is 0.409. The molecule has 1 aromatic carbocycles. The van der Waals surface area contributed by atoms with E-state index in [1.807, 2.05) is 4.90 Å². The predicted octanol–water partition coefficient (Wildman–Crippen LogP) is 1.61. The van der Waals surface area contributed by atoms with Crippen LogP contribution in [0.3, 0.4) is 0 Å². The van der Waals surface area contributed by atoms with Gasteiger partial charge in [-0.25, -0.2) is 0 Å². The normalized spacial score (nSPS) is 14.0. The third-order valence-corrected chi connectivity index (χ3v) is 3.72. The topological polar surface area (TPSA) is 84.7 Å². The summed E-state index contributed by atoms with van der Waals surface area (Å²) in [6.07, 6.45) is 3.07. The van der Waals surface area contributed by atoms with Gasteiger partial charge in [-0.3, -0.25) is 9.59 Å². The lowest BCUT2D eigenvalue weighted by molar-refractivity contribution is -0.116. The number of methoxy groups -OCH3 is 1. The van der Waals surface area contributed by atoms with Crippen molar-refractivity contribution in [2.45, 2.75) is 25.7 Å². The molecule has 1 fully saturated rings. The van der Waals surface area contributed by atoms with Crippen LogP contribution in [0.2, 0.25) is 0 Å². The highest BCUT2D eigenvalue weighted by molar-refractivity contribution is 5.98. The zero-order chi connectivity index (χ0) is 15.9. The molecule has 0 aliphatic carbocycles. The van der Waals surface area contributed by atoms with Crippen LogP contribution in [0.15, 0.2) is 18.2 Å². The lowest BCUT2D eigenvalue weighted by Gasteiger charge is -2.17. The van der Waals surface area contributed by atoms with Gasteiger partial charge in [0.05, 0.1) is 12.8 Å². The Labute approximate surface area is 130 Å². The Balaban J connectivity index is 2.14. The Morgan fingerprint density at radius 1 is 1.32 bits per heavy atom. The first-order valence-electron chi connectivity index (χ1n) is 7.63. The van der Waals surface area contributed by atoms with Crippen LogP contribution in [-0.4, -0.2) is 43.5 Å². The van der Waals surface area contributed by atoms with Crippen LogP contribution < -0.4 is 15.8 Å². The first-order valence-corrected chi connectivity index (χ1v) is 7.63. The summed E-state index contributed by atoms with van der Waals surface area (Å²) >= 11 is 0. The van der Waals surface area contributed by atoms with Crippen molar-refractivity contribution < 1.29 is 14.3 Å². The lowest BCUT2D eigenvalue weighted by atomic mass is 10.1. The number of hydrogen-bond donors (Lipinski definition) is 2. The monoisotopic (exact) mass is 305 g/mol. The highest BCUT2D eigenvalue weighted by Crippen LogP contribution is 2.27. The number of amides is 2. The van der Waals surface area contributed by atoms with Crippen LogP contribution in [0, 0.1) is 0 Å². The second kappa shape index (κ2) is 7.79. The van der Waals surface area contributed by atoms with Gasteiger partial charge in [-0.2, -0.15) is 0 Å². The zero-order valence-corrected chi connectivity index (χ0v) is 12.9. The molecule has 0 unspecified atom stereocenters. The second-order valence-corrected chi connectivity index (χ2v) is 5.35. The fourth-order valence-electron chi connectivity index (χ4n) is 2.52. The average Bonchev–Trinajstić information content (AvgIpc) is 3.06. The van der Waals surface area contributed by atoms with E-state index in [2.05, 4.69) is 5.32 Å². The molecule has 6 heteroatoms. The molecule has 0 bridgehead atoms. The fraction of sp³-hybridized carbons (Fsp3) is 0.500. The molecule has 2 rings (SSSR count). The number of rotatable bonds is 6. The smallest absolute Gasteiger partial charge is 0.253 e. The molecule has 120 valence electrons. The molecule has 0 radical (unpaired) electrons. The van der Waals surface area contributed by atoms with Gasteiger partial charge < -0.3 is 20.7 Å². The van der Waals surface area contributed by atoms with E-state index in [1.165, 1.54) is 7.11 Å². The SMILES string of the molecule is COc1ccc(C(=O)N2CCCC2)cc1NC(=O)CCCN. The van der Waals surface area contributed by atoms with Crippen molar-refractivity contribution >= 4 is 17.5 Å². The molecule has 1 heterocycles. The maximum atomic E-state index is 12.4. The third kappa shape index (κ3) is 3.98. The van der Waals surface area contributed by atoms with E-state index in [0.717, 1.165) is 25.9 Å². The molecular weight excluding hydrogens is 282 g/mol. The second-order valence-electron chi connectivity index (χ2n) is 5.35. The van der Waals surface area contributed by atoms with E-state index in [0.29, 0.717) is 36.4 Å². The van der Waals surface area contributed by atoms with Gasteiger partial charge in [0.25, 0.3) is 5.91 Å². The minimum Gasteiger partial charge on any atom is -0.495 e. The van der Waals surface area contributed by atoms with Gasteiger partial charge in [-0.05, 0) is 44.0 Å². The van der Waals surface area contributed by atoms with E-state index >= 15 is 0 Å². The van der Waals surface area contributed by atoms with Gasteiger partial charge in [0.1, 0.15) is 5.75 Å². The molecule has 3 N–H and O–H groups in total. The summed E-state index contributed by atoms with van der Waals surface area (Å²) in [4.78, 5) is 26.1. The largest absolute Gasteiger partial charge is 0.495 e. The van der Waals surface area contributed by atoms with Gasteiger partial charge in [-0.15, -0.1) is 0 Å². The summed E-state index contributed by atoms with van der Waals surface area (Å²) in [7, 11) is 1.53. The van der Waals surface area contributed by atoms with Gasteiger partial charge in [0.2, 0.25) is 5.91 Å². The standard InChI is InChI=1S/C16H23N3O3/c1-22-14-7-6-12(16(21)19-9-2-3-10-19)11-13(14)18-15(20)5-4-8-17/h6-7,11H,2-5,8-10,17H2,1H3,(H,18,20). The van der Waals surface area contributed by atoms with Gasteiger partial charge in [0, 0.05) is 25.1 Å². The molecule has 1 aliphatic heterocycles. The minimum atomic E-state index is -0.130. The Hall–Kier alpha value is -2.08. The van der Waals surface area contributed by atoms with E-state index in [-0.39, 0.29) is 11.8 Å². The van der Waals surface area contributed by atoms with Gasteiger partial charge in [0.15, 0.2) is 0 Å². The summed E-state index contributed by atoms with van der Waals surface area (Å²) in [5, 5.41) is 2.79. The minimum absolute atomic E-state index is 0.00221. The van der Waals surface area contributed by atoms with Crippen LogP contribution >= 0.6 is 0 Å². The summed E-state index contributed by atoms with van der Waals surface area (Å²) in [6, 6.07) is 5.12. The predicted molar refractivity (Wildman–Crippen MR) is 85.0 cm³/mol. The molecule has 1 aliphatic rings. The van der Waals surface area contributed by atoms with Crippen molar-refractivity contribution in [3.63, 3.8) is 0 Å². The Kier molecular flexibility index (Phi) is 5.77. The fourth-order valence-corrected chi connectivity index (χ4v) is 2.52. The number of nitrogens with two attached hydrogens (primary N) is 1. The van der Waals surface area contributed by atoms with Crippen LogP contribution in [-0.2, 0) is 4.79 Å². The van der Waals surface area contributed by atoms with E-state index in [4.69, 9.17) is 10.5 Å². The number of likely N-dealkylation sites (tertiary alicyclic amines) is 1. The Bertz CT molecular complexity index is 539. The number of nitrogens with zero attached hydrogens (tertiary/aromatic N) is 1. The maximum absolute atomic E-state index is 12.4. The number of anilines is 1. The average molecular weight is 305 g/mol. The zero-order valence-electron chi connectivity index (χ0n) is 12.9.